The lowest BCUT2D eigenvalue weighted by atomic mass is 9.85. The van der Waals surface area contributed by atoms with Crippen LogP contribution in [0.1, 0.15) is 67.8 Å². The predicted octanol–water partition coefficient (Wildman–Crippen LogP) is 4.57. The molecule has 10 heteroatoms. The van der Waals surface area contributed by atoms with Gasteiger partial charge in [0.25, 0.3) is 5.56 Å². The van der Waals surface area contributed by atoms with E-state index in [-0.39, 0.29) is 18.0 Å². The van der Waals surface area contributed by atoms with E-state index in [4.69, 9.17) is 9.97 Å². The normalized spacial score (nSPS) is 23.3. The number of aldehydes is 1. The molecule has 2 N–H and O–H groups in total. The average Bonchev–Trinajstić information content (AvgIpc) is 3.54. The van der Waals surface area contributed by atoms with Gasteiger partial charge in [0.2, 0.25) is 5.95 Å². The summed E-state index contributed by atoms with van der Waals surface area (Å²) in [5, 5.41) is 14.9. The van der Waals surface area contributed by atoms with Gasteiger partial charge in [-0.25, -0.2) is 19.3 Å². The van der Waals surface area contributed by atoms with E-state index in [1.54, 1.807) is 21.6 Å². The van der Waals surface area contributed by atoms with E-state index in [2.05, 4.69) is 40.0 Å². The number of pyridine rings is 1. The summed E-state index contributed by atoms with van der Waals surface area (Å²) >= 11 is 0. The fourth-order valence-electron chi connectivity index (χ4n) is 7.31. The number of carbonyl (C=O) groups excluding carboxylic acids is 1. The standard InChI is InChI=1S/C34H39N7O3/c1-3-16-40-32(43)28-19-35-33(38-31(28)41(40)29-12-8-23-13-15-34(44,4-2)30(23)37-29)36-26-9-7-25-20-39(17-14-24(25)18-26)27-10-5-22(21-42)6-11-27/h3,7-9,12,18-19,21-22,27,44H,1,4-6,10-11,13-17,20H2,2H3,(H,35,36,38)/t22-,27-,34-/m1/s1. The number of allylic oxidation sites excluding steroid dienone is 1. The highest BCUT2D eigenvalue weighted by atomic mass is 16.3. The number of benzene rings is 1. The summed E-state index contributed by atoms with van der Waals surface area (Å²) in [5.41, 5.74) is 4.49. The Bertz CT molecular complexity index is 1800. The molecule has 0 unspecified atom stereocenters. The van der Waals surface area contributed by atoms with Crippen LogP contribution in [0.2, 0.25) is 0 Å². The largest absolute Gasteiger partial charge is 0.384 e. The minimum atomic E-state index is -0.973. The van der Waals surface area contributed by atoms with E-state index in [1.165, 1.54) is 11.1 Å². The van der Waals surface area contributed by atoms with Crippen LogP contribution in [0.4, 0.5) is 11.6 Å². The van der Waals surface area contributed by atoms with Gasteiger partial charge in [0.15, 0.2) is 11.5 Å². The minimum Gasteiger partial charge on any atom is -0.384 e. The van der Waals surface area contributed by atoms with Crippen LogP contribution in [0.5, 0.6) is 0 Å². The number of nitrogens with zero attached hydrogens (tertiary/aromatic N) is 6. The maximum absolute atomic E-state index is 13.4. The van der Waals surface area contributed by atoms with Gasteiger partial charge in [0.1, 0.15) is 17.3 Å². The molecule has 0 spiro atoms. The third kappa shape index (κ3) is 4.95. The molecular formula is C34H39N7O3. The van der Waals surface area contributed by atoms with Gasteiger partial charge >= 0.3 is 0 Å². The highest BCUT2D eigenvalue weighted by Crippen LogP contribution is 2.38. The Kier molecular flexibility index (Phi) is 7.42. The van der Waals surface area contributed by atoms with Crippen LogP contribution in [0.15, 0.2) is 54.0 Å². The molecule has 1 atom stereocenters. The SMILES string of the molecule is C=CCn1c(=O)c2cnc(Nc3ccc4c(c3)CCN([C@H]3CC[C@H](C=O)CC3)C4)nc2n1-c1ccc2c(n1)[C@@](O)(CC)CC2. The maximum atomic E-state index is 13.4. The number of anilines is 2. The minimum absolute atomic E-state index is 0.225. The number of aryl methyl sites for hydroxylation is 1. The molecule has 3 aromatic heterocycles. The van der Waals surface area contributed by atoms with E-state index in [0.717, 1.165) is 69.2 Å². The molecular weight excluding hydrogens is 554 g/mol. The molecule has 0 saturated heterocycles. The van der Waals surface area contributed by atoms with E-state index < -0.39 is 5.60 Å². The predicted molar refractivity (Wildman–Crippen MR) is 169 cm³/mol. The molecule has 0 amide bonds. The zero-order valence-corrected chi connectivity index (χ0v) is 25.2. The molecule has 0 bridgehead atoms. The number of hydrogen-bond donors (Lipinski definition) is 2. The second kappa shape index (κ2) is 11.4. The van der Waals surface area contributed by atoms with E-state index in [0.29, 0.717) is 47.4 Å². The van der Waals surface area contributed by atoms with Crippen LogP contribution in [0.25, 0.3) is 16.9 Å². The van der Waals surface area contributed by atoms with E-state index in [1.807, 2.05) is 19.1 Å². The number of carbonyl (C=O) groups is 1. The van der Waals surface area contributed by atoms with Crippen molar-refractivity contribution < 1.29 is 9.90 Å². The van der Waals surface area contributed by atoms with Gasteiger partial charge in [-0.15, -0.1) is 6.58 Å². The maximum Gasteiger partial charge on any atom is 0.278 e. The van der Waals surface area contributed by atoms with E-state index >= 15 is 0 Å². The quantitative estimate of drug-likeness (QED) is 0.225. The average molecular weight is 594 g/mol. The summed E-state index contributed by atoms with van der Waals surface area (Å²) in [5.74, 6) is 1.14. The molecule has 1 saturated carbocycles. The molecule has 1 aromatic carbocycles. The van der Waals surface area contributed by atoms with Crippen molar-refractivity contribution in [3.05, 3.63) is 81.9 Å². The highest BCUT2D eigenvalue weighted by Gasteiger charge is 2.37. The molecule has 0 radical (unpaired) electrons. The Labute approximate surface area is 256 Å². The lowest BCUT2D eigenvalue weighted by molar-refractivity contribution is -0.112. The van der Waals surface area contributed by atoms with Gasteiger partial charge in [-0.2, -0.15) is 4.98 Å². The molecule has 1 fully saturated rings. The Hall–Kier alpha value is -4.15. The fraction of sp³-hybridized carbons (Fsp3) is 0.441. The molecule has 4 aromatic rings. The second-order valence-corrected chi connectivity index (χ2v) is 12.5. The van der Waals surface area contributed by atoms with Crippen molar-refractivity contribution in [2.75, 3.05) is 11.9 Å². The lowest BCUT2D eigenvalue weighted by Gasteiger charge is -2.38. The Morgan fingerprint density at radius 3 is 2.68 bits per heavy atom. The molecule has 10 nitrogen and oxygen atoms in total. The molecule has 2 aliphatic carbocycles. The third-order valence-corrected chi connectivity index (χ3v) is 9.95. The molecule has 44 heavy (non-hydrogen) atoms. The first-order valence-electron chi connectivity index (χ1n) is 15.8. The van der Waals surface area contributed by atoms with Gasteiger partial charge in [0, 0.05) is 36.9 Å². The molecule has 228 valence electrons. The first-order valence-corrected chi connectivity index (χ1v) is 15.8. The smallest absolute Gasteiger partial charge is 0.278 e. The van der Waals surface area contributed by atoms with E-state index in [9.17, 15) is 14.7 Å². The summed E-state index contributed by atoms with van der Waals surface area (Å²) in [6, 6.07) is 10.8. The third-order valence-electron chi connectivity index (χ3n) is 9.95. The Morgan fingerprint density at radius 1 is 1.09 bits per heavy atom. The van der Waals surface area contributed by atoms with Crippen LogP contribution in [-0.2, 0) is 36.3 Å². The number of rotatable bonds is 8. The summed E-state index contributed by atoms with van der Waals surface area (Å²) < 4.78 is 3.27. The fourth-order valence-corrected chi connectivity index (χ4v) is 7.31. The van der Waals surface area contributed by atoms with Crippen molar-refractivity contribution in [1.29, 1.82) is 0 Å². The Balaban J connectivity index is 1.17. The van der Waals surface area contributed by atoms with Crippen LogP contribution < -0.4 is 10.9 Å². The first-order chi connectivity index (χ1) is 21.4. The van der Waals surface area contributed by atoms with Gasteiger partial charge in [-0.05, 0) is 86.3 Å². The monoisotopic (exact) mass is 593 g/mol. The number of aromatic nitrogens is 5. The van der Waals surface area contributed by atoms with Gasteiger partial charge in [-0.3, -0.25) is 9.69 Å². The van der Waals surface area contributed by atoms with Crippen molar-refractivity contribution in [3.8, 4) is 5.82 Å². The molecule has 1 aliphatic heterocycles. The van der Waals surface area contributed by atoms with Crippen LogP contribution in [0, 0.1) is 5.92 Å². The Morgan fingerprint density at radius 2 is 1.91 bits per heavy atom. The summed E-state index contributed by atoms with van der Waals surface area (Å²) in [4.78, 5) is 41.4. The first kappa shape index (κ1) is 28.6. The van der Waals surface area contributed by atoms with Crippen molar-refractivity contribution in [3.63, 3.8) is 0 Å². The van der Waals surface area contributed by atoms with Crippen molar-refractivity contribution >= 4 is 29.0 Å². The summed E-state index contributed by atoms with van der Waals surface area (Å²) in [7, 11) is 0. The summed E-state index contributed by atoms with van der Waals surface area (Å²) in [6.45, 7) is 8.02. The van der Waals surface area contributed by atoms with Crippen LogP contribution in [0.3, 0.4) is 0 Å². The number of nitrogens with one attached hydrogen (secondary N) is 1. The topological polar surface area (TPSA) is 118 Å². The van der Waals surface area contributed by atoms with Gasteiger partial charge < -0.3 is 15.2 Å². The second-order valence-electron chi connectivity index (χ2n) is 12.5. The highest BCUT2D eigenvalue weighted by molar-refractivity contribution is 5.77. The number of hydrogen-bond acceptors (Lipinski definition) is 8. The zero-order chi connectivity index (χ0) is 30.4. The van der Waals surface area contributed by atoms with Crippen molar-refractivity contribution in [1.82, 2.24) is 29.2 Å². The lowest BCUT2D eigenvalue weighted by Crippen LogP contribution is -2.41. The van der Waals surface area contributed by atoms with Crippen LogP contribution >= 0.6 is 0 Å². The number of fused-ring (bicyclic) bond motifs is 3. The molecule has 7 rings (SSSR count). The number of aliphatic hydroxyl groups is 1. The summed E-state index contributed by atoms with van der Waals surface area (Å²) in [6.07, 6.45) is 11.5. The van der Waals surface area contributed by atoms with Crippen molar-refractivity contribution in [2.24, 2.45) is 5.92 Å². The van der Waals surface area contributed by atoms with Gasteiger partial charge in [0.05, 0.1) is 12.2 Å². The van der Waals surface area contributed by atoms with Crippen molar-refractivity contribution in [2.45, 2.75) is 83.0 Å². The molecule has 4 heterocycles. The zero-order valence-electron chi connectivity index (χ0n) is 25.2. The van der Waals surface area contributed by atoms with Gasteiger partial charge in [-0.1, -0.05) is 25.1 Å². The molecule has 3 aliphatic rings. The van der Waals surface area contributed by atoms with Crippen LogP contribution in [-0.4, -0.2) is 53.2 Å².